The Labute approximate surface area is 83.1 Å². The lowest BCUT2D eigenvalue weighted by Crippen LogP contribution is -2.05. The predicted octanol–water partition coefficient (Wildman–Crippen LogP) is 1.68. The number of carbonyl (C=O) groups excluding carboxylic acids is 1. The highest BCUT2D eigenvalue weighted by Gasteiger charge is 1.92. The molecule has 0 amide bonds. The van der Waals surface area contributed by atoms with Crippen LogP contribution < -0.4 is 5.90 Å². The first-order valence-electron chi connectivity index (χ1n) is 4.44. The van der Waals surface area contributed by atoms with Gasteiger partial charge in [-0.25, -0.2) is 4.79 Å². The molecule has 1 aromatic carbocycles. The largest absolute Gasteiger partial charge is 0.370 e. The molecular weight excluding hydrogens is 178 g/mol. The molecule has 0 saturated carbocycles. The highest BCUT2D eigenvalue weighted by atomic mass is 16.7. The van der Waals surface area contributed by atoms with Crippen molar-refractivity contribution in [2.45, 2.75) is 13.3 Å². The summed E-state index contributed by atoms with van der Waals surface area (Å²) in [5.41, 5.74) is 2.22. The first kappa shape index (κ1) is 10.5. The zero-order valence-electron chi connectivity index (χ0n) is 8.07. The van der Waals surface area contributed by atoms with Gasteiger partial charge in [-0.15, -0.1) is 0 Å². The second-order valence-corrected chi connectivity index (χ2v) is 2.87. The van der Waals surface area contributed by atoms with E-state index in [1.54, 1.807) is 6.08 Å². The summed E-state index contributed by atoms with van der Waals surface area (Å²) < 4.78 is 0. The van der Waals surface area contributed by atoms with E-state index in [4.69, 9.17) is 0 Å². The van der Waals surface area contributed by atoms with Crippen molar-refractivity contribution in [2.75, 3.05) is 0 Å². The Bertz CT molecular complexity index is 328. The topological polar surface area (TPSA) is 52.3 Å². The Balaban J connectivity index is 2.68. The average molecular weight is 191 g/mol. The van der Waals surface area contributed by atoms with Crippen molar-refractivity contribution in [1.82, 2.24) is 0 Å². The minimum Gasteiger partial charge on any atom is -0.370 e. The van der Waals surface area contributed by atoms with Crippen molar-refractivity contribution < 1.29 is 9.63 Å². The molecule has 0 aliphatic rings. The van der Waals surface area contributed by atoms with Crippen LogP contribution in [0.3, 0.4) is 0 Å². The van der Waals surface area contributed by atoms with Crippen LogP contribution in [-0.4, -0.2) is 5.97 Å². The van der Waals surface area contributed by atoms with E-state index in [9.17, 15) is 4.79 Å². The van der Waals surface area contributed by atoms with Gasteiger partial charge in [0.05, 0.1) is 0 Å². The molecule has 14 heavy (non-hydrogen) atoms. The summed E-state index contributed by atoms with van der Waals surface area (Å²) >= 11 is 0. The summed E-state index contributed by atoms with van der Waals surface area (Å²) in [5, 5.41) is 0. The van der Waals surface area contributed by atoms with Gasteiger partial charge in [0, 0.05) is 6.08 Å². The molecule has 74 valence electrons. The molecule has 0 aliphatic carbocycles. The van der Waals surface area contributed by atoms with E-state index in [1.807, 2.05) is 24.3 Å². The van der Waals surface area contributed by atoms with Crippen LogP contribution in [0.15, 0.2) is 30.3 Å². The van der Waals surface area contributed by atoms with Gasteiger partial charge in [0.15, 0.2) is 0 Å². The summed E-state index contributed by atoms with van der Waals surface area (Å²) in [5.74, 6) is 4.13. The van der Waals surface area contributed by atoms with Crippen LogP contribution in [0, 0.1) is 0 Å². The van der Waals surface area contributed by atoms with E-state index in [0.29, 0.717) is 0 Å². The van der Waals surface area contributed by atoms with Gasteiger partial charge in [-0.2, -0.15) is 5.90 Å². The monoisotopic (exact) mass is 191 g/mol. The number of carbonyl (C=O) groups is 1. The van der Waals surface area contributed by atoms with Crippen molar-refractivity contribution in [1.29, 1.82) is 0 Å². The van der Waals surface area contributed by atoms with Crippen LogP contribution in [0.25, 0.3) is 6.08 Å². The summed E-state index contributed by atoms with van der Waals surface area (Å²) in [6, 6.07) is 7.93. The third-order valence-corrected chi connectivity index (χ3v) is 1.92. The zero-order chi connectivity index (χ0) is 10.4. The van der Waals surface area contributed by atoms with E-state index < -0.39 is 5.97 Å². The van der Waals surface area contributed by atoms with Crippen molar-refractivity contribution in [3.8, 4) is 0 Å². The number of aryl methyl sites for hydroxylation is 1. The third kappa shape index (κ3) is 3.03. The molecule has 0 heterocycles. The number of hydrogen-bond donors (Lipinski definition) is 1. The Hall–Kier alpha value is -1.61. The Morgan fingerprint density at radius 3 is 2.57 bits per heavy atom. The van der Waals surface area contributed by atoms with Crippen LogP contribution in [-0.2, 0) is 16.1 Å². The summed E-state index contributed by atoms with van der Waals surface area (Å²) in [6.45, 7) is 2.09. The van der Waals surface area contributed by atoms with Crippen molar-refractivity contribution in [3.63, 3.8) is 0 Å². The smallest absolute Gasteiger partial charge is 0.349 e. The van der Waals surface area contributed by atoms with Gasteiger partial charge >= 0.3 is 5.97 Å². The van der Waals surface area contributed by atoms with E-state index in [1.165, 1.54) is 11.6 Å². The van der Waals surface area contributed by atoms with Crippen LogP contribution in [0.4, 0.5) is 0 Å². The molecular formula is C11H13NO2. The first-order valence-corrected chi connectivity index (χ1v) is 4.44. The number of nitrogens with two attached hydrogens (primary N) is 1. The molecule has 1 aromatic rings. The van der Waals surface area contributed by atoms with E-state index in [-0.39, 0.29) is 0 Å². The maximum absolute atomic E-state index is 10.7. The lowest BCUT2D eigenvalue weighted by Gasteiger charge is -1.96. The third-order valence-electron chi connectivity index (χ3n) is 1.92. The molecule has 0 saturated heterocycles. The van der Waals surface area contributed by atoms with Crippen LogP contribution in [0.1, 0.15) is 18.1 Å². The molecule has 0 aromatic heterocycles. The standard InChI is InChI=1S/C11H13NO2/c1-2-9-3-5-10(6-4-9)7-8-11(13)14-12/h3-8H,2,12H2,1H3/b8-7+. The Morgan fingerprint density at radius 2 is 2.07 bits per heavy atom. The Morgan fingerprint density at radius 1 is 1.43 bits per heavy atom. The fraction of sp³-hybridized carbons (Fsp3) is 0.182. The molecule has 0 atom stereocenters. The molecule has 0 spiro atoms. The van der Waals surface area contributed by atoms with Gasteiger partial charge in [0.1, 0.15) is 0 Å². The van der Waals surface area contributed by atoms with Crippen molar-refractivity contribution >= 4 is 12.0 Å². The average Bonchev–Trinajstić information content (AvgIpc) is 2.26. The van der Waals surface area contributed by atoms with Gasteiger partial charge in [-0.3, -0.25) is 0 Å². The van der Waals surface area contributed by atoms with Crippen LogP contribution in [0.2, 0.25) is 0 Å². The second-order valence-electron chi connectivity index (χ2n) is 2.87. The minimum atomic E-state index is -0.551. The Kier molecular flexibility index (Phi) is 3.88. The fourth-order valence-electron chi connectivity index (χ4n) is 1.07. The SMILES string of the molecule is CCc1ccc(/C=C/C(=O)ON)cc1. The van der Waals surface area contributed by atoms with Gasteiger partial charge in [-0.05, 0) is 23.6 Å². The lowest BCUT2D eigenvalue weighted by atomic mass is 10.1. The highest BCUT2D eigenvalue weighted by Crippen LogP contribution is 2.06. The van der Waals surface area contributed by atoms with Gasteiger partial charge in [-0.1, -0.05) is 31.2 Å². The molecule has 0 unspecified atom stereocenters. The summed E-state index contributed by atoms with van der Waals surface area (Å²) in [7, 11) is 0. The lowest BCUT2D eigenvalue weighted by molar-refractivity contribution is -0.138. The molecule has 0 bridgehead atoms. The van der Waals surface area contributed by atoms with Crippen LogP contribution >= 0.6 is 0 Å². The maximum Gasteiger partial charge on any atom is 0.349 e. The van der Waals surface area contributed by atoms with Gasteiger partial charge in [0.25, 0.3) is 0 Å². The fourth-order valence-corrected chi connectivity index (χ4v) is 1.07. The molecule has 3 heteroatoms. The van der Waals surface area contributed by atoms with Crippen molar-refractivity contribution in [3.05, 3.63) is 41.5 Å². The number of hydrogen-bond acceptors (Lipinski definition) is 3. The normalized spacial score (nSPS) is 10.4. The maximum atomic E-state index is 10.7. The van der Waals surface area contributed by atoms with Gasteiger partial charge < -0.3 is 4.84 Å². The summed E-state index contributed by atoms with van der Waals surface area (Å²) in [6.07, 6.45) is 3.96. The number of rotatable bonds is 3. The molecule has 0 fully saturated rings. The quantitative estimate of drug-likeness (QED) is 0.584. The predicted molar refractivity (Wildman–Crippen MR) is 55.1 cm³/mol. The molecule has 0 aliphatic heterocycles. The zero-order valence-corrected chi connectivity index (χ0v) is 8.07. The minimum absolute atomic E-state index is 0.551. The first-order chi connectivity index (χ1) is 6.76. The highest BCUT2D eigenvalue weighted by molar-refractivity contribution is 5.86. The molecule has 2 N–H and O–H groups in total. The van der Waals surface area contributed by atoms with E-state index in [2.05, 4.69) is 17.7 Å². The van der Waals surface area contributed by atoms with Crippen LogP contribution in [0.5, 0.6) is 0 Å². The molecule has 1 rings (SSSR count). The molecule has 3 nitrogen and oxygen atoms in total. The summed E-state index contributed by atoms with van der Waals surface area (Å²) in [4.78, 5) is 14.7. The van der Waals surface area contributed by atoms with Gasteiger partial charge in [0.2, 0.25) is 0 Å². The van der Waals surface area contributed by atoms with E-state index >= 15 is 0 Å². The number of benzene rings is 1. The van der Waals surface area contributed by atoms with Crippen molar-refractivity contribution in [2.24, 2.45) is 5.90 Å². The second kappa shape index (κ2) is 5.19. The van der Waals surface area contributed by atoms with E-state index in [0.717, 1.165) is 12.0 Å². The molecule has 0 radical (unpaired) electrons.